The fourth-order valence-corrected chi connectivity index (χ4v) is 3.38. The van der Waals surface area contributed by atoms with Crippen LogP contribution in [0.3, 0.4) is 0 Å². The van der Waals surface area contributed by atoms with Crippen molar-refractivity contribution in [2.75, 3.05) is 5.32 Å². The molecule has 3 aromatic rings. The third kappa shape index (κ3) is 4.28. The van der Waals surface area contributed by atoms with Gasteiger partial charge in [0.25, 0.3) is 5.91 Å². The van der Waals surface area contributed by atoms with E-state index in [1.807, 2.05) is 68.6 Å². The second kappa shape index (κ2) is 7.53. The molecule has 0 unspecified atom stereocenters. The molecule has 0 aliphatic rings. The first-order valence-corrected chi connectivity index (χ1v) is 9.05. The molecule has 3 rings (SSSR count). The van der Waals surface area contributed by atoms with Gasteiger partial charge in [0.1, 0.15) is 12.4 Å². The topological polar surface area (TPSA) is 38.3 Å². The summed E-state index contributed by atoms with van der Waals surface area (Å²) in [6.07, 6.45) is 0. The maximum atomic E-state index is 12.5. The first-order chi connectivity index (χ1) is 12.0. The van der Waals surface area contributed by atoms with Gasteiger partial charge in [-0.15, -0.1) is 11.3 Å². The molecular weight excluding hydrogens is 330 g/mol. The smallest absolute Gasteiger partial charge is 0.265 e. The molecule has 3 nitrogen and oxygen atoms in total. The van der Waals surface area contributed by atoms with Crippen LogP contribution in [0.25, 0.3) is 0 Å². The lowest BCUT2D eigenvalue weighted by atomic mass is 10.1. The summed E-state index contributed by atoms with van der Waals surface area (Å²) in [6.45, 7) is 6.51. The van der Waals surface area contributed by atoms with Crippen LogP contribution in [0.4, 0.5) is 5.69 Å². The molecule has 1 aromatic heterocycles. The number of carbonyl (C=O) groups is 1. The number of ether oxygens (including phenoxy) is 1. The summed E-state index contributed by atoms with van der Waals surface area (Å²) in [5.41, 5.74) is 5.20. The highest BCUT2D eigenvalue weighted by atomic mass is 32.1. The lowest BCUT2D eigenvalue weighted by Crippen LogP contribution is -2.11. The molecule has 4 heteroatoms. The zero-order chi connectivity index (χ0) is 17.8. The molecule has 2 aromatic carbocycles. The number of rotatable bonds is 5. The molecule has 0 aliphatic carbocycles. The van der Waals surface area contributed by atoms with Gasteiger partial charge in [-0.1, -0.05) is 35.9 Å². The highest BCUT2D eigenvalue weighted by Gasteiger charge is 2.11. The van der Waals surface area contributed by atoms with E-state index in [0.29, 0.717) is 11.5 Å². The molecule has 0 spiro atoms. The molecule has 0 atom stereocenters. The van der Waals surface area contributed by atoms with Crippen LogP contribution in [0.15, 0.2) is 53.9 Å². The zero-order valence-electron chi connectivity index (χ0n) is 14.6. The second-order valence-electron chi connectivity index (χ2n) is 6.15. The Kier molecular flexibility index (Phi) is 5.19. The summed E-state index contributed by atoms with van der Waals surface area (Å²) in [4.78, 5) is 13.1. The van der Waals surface area contributed by atoms with Gasteiger partial charge in [-0.25, -0.2) is 0 Å². The number of nitrogens with one attached hydrogen (secondary N) is 1. The predicted octanol–water partition coefficient (Wildman–Crippen LogP) is 5.50. The van der Waals surface area contributed by atoms with Crippen LogP contribution in [0.2, 0.25) is 0 Å². The molecule has 128 valence electrons. The summed E-state index contributed by atoms with van der Waals surface area (Å²) in [7, 11) is 0. The Labute approximate surface area is 152 Å². The van der Waals surface area contributed by atoms with Gasteiger partial charge in [-0.2, -0.15) is 0 Å². The summed E-state index contributed by atoms with van der Waals surface area (Å²) in [5, 5.41) is 4.95. The Morgan fingerprint density at radius 3 is 2.60 bits per heavy atom. The van der Waals surface area contributed by atoms with Crippen molar-refractivity contribution in [2.45, 2.75) is 27.4 Å². The van der Waals surface area contributed by atoms with Crippen LogP contribution in [-0.2, 0) is 6.61 Å². The molecule has 0 bridgehead atoms. The Morgan fingerprint density at radius 2 is 1.84 bits per heavy atom. The number of amides is 1. The average Bonchev–Trinajstić information content (AvgIpc) is 3.06. The minimum atomic E-state index is -0.0842. The quantitative estimate of drug-likeness (QED) is 0.659. The minimum absolute atomic E-state index is 0.0842. The normalized spacial score (nSPS) is 10.5. The van der Waals surface area contributed by atoms with Crippen molar-refractivity contribution in [3.05, 3.63) is 81.0 Å². The third-order valence-electron chi connectivity index (χ3n) is 4.00. The van der Waals surface area contributed by atoms with E-state index in [0.717, 1.165) is 28.1 Å². The van der Waals surface area contributed by atoms with Crippen LogP contribution >= 0.6 is 11.3 Å². The van der Waals surface area contributed by atoms with E-state index in [2.05, 4.69) is 11.4 Å². The van der Waals surface area contributed by atoms with Crippen molar-refractivity contribution >= 4 is 22.9 Å². The van der Waals surface area contributed by atoms with E-state index in [-0.39, 0.29) is 5.91 Å². The van der Waals surface area contributed by atoms with E-state index in [1.54, 1.807) is 0 Å². The van der Waals surface area contributed by atoms with Crippen LogP contribution < -0.4 is 10.1 Å². The van der Waals surface area contributed by atoms with Gasteiger partial charge in [0, 0.05) is 11.3 Å². The number of carbonyl (C=O) groups excluding carboxylic acids is 1. The highest BCUT2D eigenvalue weighted by molar-refractivity contribution is 7.12. The molecular formula is C21H21NO2S. The second-order valence-corrected chi connectivity index (χ2v) is 7.06. The first kappa shape index (κ1) is 17.2. The molecule has 0 fully saturated rings. The highest BCUT2D eigenvalue weighted by Crippen LogP contribution is 2.22. The number of aryl methyl sites for hydroxylation is 3. The Balaban J connectivity index is 1.64. The number of anilines is 1. The summed E-state index contributed by atoms with van der Waals surface area (Å²) in [5.74, 6) is 0.786. The van der Waals surface area contributed by atoms with Crippen LogP contribution in [0, 0.1) is 20.8 Å². The first-order valence-electron chi connectivity index (χ1n) is 8.17. The van der Waals surface area contributed by atoms with Crippen molar-refractivity contribution < 1.29 is 9.53 Å². The van der Waals surface area contributed by atoms with Crippen LogP contribution in [0.5, 0.6) is 5.75 Å². The standard InChI is InChI=1S/C21H21NO2S/c1-14-8-9-18(16(3)10-14)22-21(23)20-11-17(13-25-20)12-24-19-7-5-4-6-15(19)2/h4-11,13H,12H2,1-3H3,(H,22,23). The number of thiophene rings is 1. The molecule has 1 N–H and O–H groups in total. The SMILES string of the molecule is Cc1ccc(NC(=O)c2cc(COc3ccccc3C)cs2)c(C)c1. The zero-order valence-corrected chi connectivity index (χ0v) is 15.4. The van der Waals surface area contributed by atoms with E-state index < -0.39 is 0 Å². The molecule has 25 heavy (non-hydrogen) atoms. The number of hydrogen-bond acceptors (Lipinski definition) is 3. The molecule has 1 amide bonds. The summed E-state index contributed by atoms with van der Waals surface area (Å²) < 4.78 is 5.84. The Hall–Kier alpha value is -2.59. The third-order valence-corrected chi connectivity index (χ3v) is 4.97. The fraction of sp³-hybridized carbons (Fsp3) is 0.190. The minimum Gasteiger partial charge on any atom is -0.489 e. The molecule has 0 saturated carbocycles. The van der Waals surface area contributed by atoms with Gasteiger partial charge >= 0.3 is 0 Å². The van der Waals surface area contributed by atoms with Crippen molar-refractivity contribution in [1.29, 1.82) is 0 Å². The van der Waals surface area contributed by atoms with E-state index in [4.69, 9.17) is 4.74 Å². The van der Waals surface area contributed by atoms with Gasteiger partial charge in [0.05, 0.1) is 4.88 Å². The van der Waals surface area contributed by atoms with Crippen molar-refractivity contribution in [3.63, 3.8) is 0 Å². The van der Waals surface area contributed by atoms with Crippen molar-refractivity contribution in [1.82, 2.24) is 0 Å². The maximum absolute atomic E-state index is 12.5. The van der Waals surface area contributed by atoms with Crippen molar-refractivity contribution in [2.24, 2.45) is 0 Å². The lowest BCUT2D eigenvalue weighted by molar-refractivity contribution is 0.103. The fourth-order valence-electron chi connectivity index (χ4n) is 2.59. The summed E-state index contributed by atoms with van der Waals surface area (Å²) >= 11 is 1.43. The number of hydrogen-bond donors (Lipinski definition) is 1. The van der Waals surface area contributed by atoms with E-state index >= 15 is 0 Å². The molecule has 1 heterocycles. The number of benzene rings is 2. The molecule has 0 aliphatic heterocycles. The maximum Gasteiger partial charge on any atom is 0.265 e. The molecule has 0 radical (unpaired) electrons. The van der Waals surface area contributed by atoms with E-state index in [1.165, 1.54) is 16.9 Å². The summed E-state index contributed by atoms with van der Waals surface area (Å²) in [6, 6.07) is 15.8. The van der Waals surface area contributed by atoms with Gasteiger partial charge in [-0.05, 0) is 55.5 Å². The van der Waals surface area contributed by atoms with Crippen LogP contribution in [-0.4, -0.2) is 5.91 Å². The van der Waals surface area contributed by atoms with Gasteiger partial charge in [0.15, 0.2) is 0 Å². The van der Waals surface area contributed by atoms with Crippen LogP contribution in [0.1, 0.15) is 31.9 Å². The molecule has 0 saturated heterocycles. The number of para-hydroxylation sites is 1. The van der Waals surface area contributed by atoms with Gasteiger partial charge in [0.2, 0.25) is 0 Å². The average molecular weight is 351 g/mol. The van der Waals surface area contributed by atoms with Gasteiger partial charge < -0.3 is 10.1 Å². The lowest BCUT2D eigenvalue weighted by Gasteiger charge is -2.08. The Bertz CT molecular complexity index is 898. The predicted molar refractivity (Wildman–Crippen MR) is 104 cm³/mol. The largest absolute Gasteiger partial charge is 0.489 e. The monoisotopic (exact) mass is 351 g/mol. The van der Waals surface area contributed by atoms with Crippen molar-refractivity contribution in [3.8, 4) is 5.75 Å². The Morgan fingerprint density at radius 1 is 1.04 bits per heavy atom. The van der Waals surface area contributed by atoms with Gasteiger partial charge in [-0.3, -0.25) is 4.79 Å². The van der Waals surface area contributed by atoms with E-state index in [9.17, 15) is 4.79 Å².